The molecule has 0 saturated carbocycles. The molecular weight excluding hydrogens is 360 g/mol. The first-order valence-corrected chi connectivity index (χ1v) is 9.83. The number of benzene rings is 1. The molecule has 148 valence electrons. The number of hydrogen-bond donors (Lipinski definition) is 1. The van der Waals surface area contributed by atoms with Crippen molar-refractivity contribution in [1.29, 1.82) is 0 Å². The van der Waals surface area contributed by atoms with Crippen LogP contribution in [0.1, 0.15) is 33.6 Å². The van der Waals surface area contributed by atoms with Gasteiger partial charge in [-0.1, -0.05) is 18.2 Å². The Bertz CT molecular complexity index is 1260. The number of rotatable bonds is 4. The Balaban J connectivity index is 1.84. The zero-order valence-electron chi connectivity index (χ0n) is 17.6. The van der Waals surface area contributed by atoms with Crippen LogP contribution in [0.5, 0.6) is 0 Å². The average Bonchev–Trinajstić information content (AvgIpc) is 2.96. The van der Waals surface area contributed by atoms with Crippen LogP contribution in [0, 0.1) is 34.6 Å². The van der Waals surface area contributed by atoms with Crippen LogP contribution in [0.25, 0.3) is 11.3 Å². The molecule has 0 saturated heterocycles. The lowest BCUT2D eigenvalue weighted by Gasteiger charge is -2.15. The molecule has 3 heterocycles. The zero-order chi connectivity index (χ0) is 20.7. The van der Waals surface area contributed by atoms with Gasteiger partial charge in [0.05, 0.1) is 17.1 Å². The van der Waals surface area contributed by atoms with Crippen LogP contribution in [0.2, 0.25) is 0 Å². The smallest absolute Gasteiger partial charge is 0.255 e. The van der Waals surface area contributed by atoms with E-state index in [1.54, 1.807) is 10.6 Å². The van der Waals surface area contributed by atoms with Crippen molar-refractivity contribution in [2.45, 2.75) is 41.2 Å². The third-order valence-corrected chi connectivity index (χ3v) is 5.63. The monoisotopic (exact) mass is 386 g/mol. The van der Waals surface area contributed by atoms with E-state index in [4.69, 9.17) is 4.98 Å². The summed E-state index contributed by atoms with van der Waals surface area (Å²) in [6.07, 6.45) is 3.80. The second kappa shape index (κ2) is 7.24. The number of nitrogens with one attached hydrogen (secondary N) is 1. The molecule has 0 atom stereocenters. The molecule has 0 aliphatic heterocycles. The van der Waals surface area contributed by atoms with Gasteiger partial charge >= 0.3 is 0 Å². The van der Waals surface area contributed by atoms with Crippen molar-refractivity contribution >= 4 is 11.3 Å². The van der Waals surface area contributed by atoms with Gasteiger partial charge < -0.3 is 9.72 Å². The lowest BCUT2D eigenvalue weighted by atomic mass is 10.0. The van der Waals surface area contributed by atoms with Crippen molar-refractivity contribution in [3.8, 4) is 5.69 Å². The van der Waals surface area contributed by atoms with Gasteiger partial charge in [-0.15, -0.1) is 0 Å². The summed E-state index contributed by atoms with van der Waals surface area (Å²) in [5, 5.41) is 3.57. The third-order valence-electron chi connectivity index (χ3n) is 5.63. The topological polar surface area (TPSA) is 51.3 Å². The number of anilines is 1. The maximum atomic E-state index is 12.6. The first kappa shape index (κ1) is 19.0. The normalized spacial score (nSPS) is 11.2. The summed E-state index contributed by atoms with van der Waals surface area (Å²) in [5.74, 6) is 0. The van der Waals surface area contributed by atoms with Crippen LogP contribution in [-0.2, 0) is 6.54 Å². The lowest BCUT2D eigenvalue weighted by Crippen LogP contribution is -2.17. The van der Waals surface area contributed by atoms with Crippen LogP contribution in [-0.4, -0.2) is 14.0 Å². The molecule has 5 heteroatoms. The summed E-state index contributed by atoms with van der Waals surface area (Å²) < 4.78 is 3.73. The number of hydrogen-bond acceptors (Lipinski definition) is 3. The number of aromatic nitrogens is 3. The lowest BCUT2D eigenvalue weighted by molar-refractivity contribution is 0.953. The van der Waals surface area contributed by atoms with Crippen molar-refractivity contribution in [3.05, 3.63) is 92.8 Å². The Hall–Kier alpha value is -3.34. The van der Waals surface area contributed by atoms with Gasteiger partial charge in [-0.05, 0) is 69.0 Å². The van der Waals surface area contributed by atoms with E-state index >= 15 is 0 Å². The van der Waals surface area contributed by atoms with E-state index in [1.807, 2.05) is 45.3 Å². The highest BCUT2D eigenvalue weighted by Gasteiger charge is 2.13. The van der Waals surface area contributed by atoms with Gasteiger partial charge in [0.2, 0.25) is 0 Å². The molecule has 5 nitrogen and oxygen atoms in total. The van der Waals surface area contributed by atoms with Gasteiger partial charge in [-0.2, -0.15) is 0 Å². The van der Waals surface area contributed by atoms with Crippen molar-refractivity contribution in [3.63, 3.8) is 0 Å². The van der Waals surface area contributed by atoms with E-state index in [0.29, 0.717) is 6.54 Å². The highest BCUT2D eigenvalue weighted by Crippen LogP contribution is 2.25. The summed E-state index contributed by atoms with van der Waals surface area (Å²) in [5.41, 5.74) is 9.35. The number of imidazole rings is 1. The number of pyridine rings is 2. The van der Waals surface area contributed by atoms with E-state index in [0.717, 1.165) is 34.0 Å². The molecule has 4 rings (SSSR count). The maximum Gasteiger partial charge on any atom is 0.255 e. The molecule has 29 heavy (non-hydrogen) atoms. The largest absolute Gasteiger partial charge is 0.378 e. The van der Waals surface area contributed by atoms with Gasteiger partial charge in [0.15, 0.2) is 5.65 Å². The molecule has 1 aromatic carbocycles. The highest BCUT2D eigenvalue weighted by molar-refractivity contribution is 5.71. The summed E-state index contributed by atoms with van der Waals surface area (Å²) in [6.45, 7) is 10.9. The minimum Gasteiger partial charge on any atom is -0.378 e. The minimum absolute atomic E-state index is 0.0421. The predicted octanol–water partition coefficient (Wildman–Crippen LogP) is 4.64. The predicted molar refractivity (Wildman–Crippen MR) is 118 cm³/mol. The molecule has 0 aliphatic carbocycles. The molecule has 3 aromatic heterocycles. The average molecular weight is 386 g/mol. The quantitative estimate of drug-likeness (QED) is 0.556. The van der Waals surface area contributed by atoms with Crippen molar-refractivity contribution in [2.75, 3.05) is 5.32 Å². The molecular formula is C24H26N4O. The van der Waals surface area contributed by atoms with Crippen molar-refractivity contribution in [1.82, 2.24) is 14.0 Å². The van der Waals surface area contributed by atoms with Crippen LogP contribution >= 0.6 is 0 Å². The zero-order valence-corrected chi connectivity index (χ0v) is 17.6. The first-order chi connectivity index (χ1) is 13.8. The van der Waals surface area contributed by atoms with Gasteiger partial charge in [0, 0.05) is 30.7 Å². The maximum absolute atomic E-state index is 12.6. The molecule has 0 fully saturated rings. The summed E-state index contributed by atoms with van der Waals surface area (Å²) in [7, 11) is 0. The van der Waals surface area contributed by atoms with Gasteiger partial charge in [0.25, 0.3) is 5.56 Å². The van der Waals surface area contributed by atoms with Crippen LogP contribution in [0.3, 0.4) is 0 Å². The molecule has 0 amide bonds. The summed E-state index contributed by atoms with van der Waals surface area (Å²) in [6, 6.07) is 11.9. The van der Waals surface area contributed by atoms with Gasteiger partial charge in [0.1, 0.15) is 0 Å². The SMILES string of the molecule is Cc1ccn(-c2cc(NCc3c(C)cccc3C)c3nc(C)c(C)n3c2)c(=O)c1. The molecule has 0 spiro atoms. The minimum atomic E-state index is -0.0421. The molecule has 0 aliphatic rings. The van der Waals surface area contributed by atoms with Crippen LogP contribution in [0.15, 0.2) is 53.6 Å². The van der Waals surface area contributed by atoms with Gasteiger partial charge in [-0.3, -0.25) is 9.36 Å². The van der Waals surface area contributed by atoms with Gasteiger partial charge in [-0.25, -0.2) is 4.98 Å². The summed E-state index contributed by atoms with van der Waals surface area (Å²) in [4.78, 5) is 17.3. The van der Waals surface area contributed by atoms with Crippen molar-refractivity contribution in [2.24, 2.45) is 0 Å². The third kappa shape index (κ3) is 3.44. The fraction of sp³-hybridized carbons (Fsp3) is 0.250. The molecule has 1 N–H and O–H groups in total. The molecule has 4 aromatic rings. The Morgan fingerprint density at radius 3 is 2.41 bits per heavy atom. The van der Waals surface area contributed by atoms with Crippen LogP contribution < -0.4 is 10.9 Å². The van der Waals surface area contributed by atoms with E-state index in [2.05, 4.69) is 41.8 Å². The first-order valence-electron chi connectivity index (χ1n) is 9.83. The van der Waals surface area contributed by atoms with E-state index < -0.39 is 0 Å². The standard InChI is InChI=1S/C24H26N4O/c1-15-9-10-27(23(29)11-15)20-12-22(24-26-18(4)19(5)28(24)14-20)25-13-21-16(2)7-6-8-17(21)3/h6-12,14,25H,13H2,1-5H3. The molecule has 0 bridgehead atoms. The number of nitrogens with zero attached hydrogens (tertiary/aromatic N) is 3. The highest BCUT2D eigenvalue weighted by atomic mass is 16.1. The molecule has 0 unspecified atom stereocenters. The second-order valence-electron chi connectivity index (χ2n) is 7.72. The molecule has 0 radical (unpaired) electrons. The Morgan fingerprint density at radius 1 is 1.00 bits per heavy atom. The van der Waals surface area contributed by atoms with Crippen LogP contribution in [0.4, 0.5) is 5.69 Å². The number of aryl methyl sites for hydroxylation is 5. The van der Waals surface area contributed by atoms with E-state index in [9.17, 15) is 4.79 Å². The Kier molecular flexibility index (Phi) is 4.74. The Morgan fingerprint density at radius 2 is 1.72 bits per heavy atom. The second-order valence-corrected chi connectivity index (χ2v) is 7.72. The van der Waals surface area contributed by atoms with E-state index in [-0.39, 0.29) is 5.56 Å². The van der Waals surface area contributed by atoms with E-state index in [1.165, 1.54) is 16.7 Å². The fourth-order valence-electron chi connectivity index (χ4n) is 3.72. The Labute approximate surface area is 170 Å². The number of fused-ring (bicyclic) bond motifs is 1. The fourth-order valence-corrected chi connectivity index (χ4v) is 3.72. The van der Waals surface area contributed by atoms with Crippen molar-refractivity contribution < 1.29 is 0 Å². The summed E-state index contributed by atoms with van der Waals surface area (Å²) >= 11 is 0.